The number of ketones is 1. The van der Waals surface area contributed by atoms with E-state index in [0.717, 1.165) is 69.6 Å². The smallest absolute Gasteiger partial charge is 1.00 e. The third kappa shape index (κ3) is 19.2. The molecule has 6 atom stereocenters. The van der Waals surface area contributed by atoms with E-state index < -0.39 is 31.9 Å². The van der Waals surface area contributed by atoms with Crippen LogP contribution in [0.4, 0.5) is 4.79 Å². The second kappa shape index (κ2) is 29.5. The van der Waals surface area contributed by atoms with Crippen molar-refractivity contribution in [3.63, 3.8) is 0 Å². The minimum atomic E-state index is -0.723. The van der Waals surface area contributed by atoms with Gasteiger partial charge in [0.25, 0.3) is 0 Å². The summed E-state index contributed by atoms with van der Waals surface area (Å²) >= 11 is 0. The number of amides is 1. The number of nitrogens with zero attached hydrogens (tertiary/aromatic N) is 1. The van der Waals surface area contributed by atoms with Gasteiger partial charge >= 0.3 is 25.0 Å². The molecule has 9 rings (SSSR count). The number of rotatable bonds is 6. The standard InChI is InChI=1S/C14H15NO2.C7H8O.C7H10.2C4H8O.CH4.Al.B12.Li.4H/c16-14(15-9-12-6-7-13(15)8-12)17-10-11-4-2-1-3-5-11;8-7-4-5-1-2-6(7)3-5;1-2-7-4-3-6(1)5-7;2*1-2-4-5-3-1;;;1-8(2)11(7)12(9(3)4)10(5)6;;;;;/h1-7,12-13H,8-10H2;1-2,5-6H,3-4H2;1-2,6-7H,3-5H2;2*1-4H2;1H4;;;;;;;/q;;;;;;;;+1;;;;-1/t12-,13+;5-,6+;6-,7+;;;;;;;;;;/m10.........../s1. The number of allylic oxidation sites excluding steroid dienone is 4. The van der Waals surface area contributed by atoms with Crippen LogP contribution in [0.15, 0.2) is 66.8 Å². The van der Waals surface area contributed by atoms with E-state index in [2.05, 4.69) is 36.5 Å². The van der Waals surface area contributed by atoms with Gasteiger partial charge in [0.1, 0.15) is 12.4 Å². The normalized spacial score (nSPS) is 25.1. The molecule has 3 aliphatic heterocycles. The molecule has 280 valence electrons. The topological polar surface area (TPSA) is 65.1 Å². The summed E-state index contributed by atoms with van der Waals surface area (Å²) in [5.74, 6) is 3.92. The van der Waals surface area contributed by atoms with Crippen molar-refractivity contribution >= 4 is 115 Å². The average Bonchev–Trinajstić information content (AvgIpc) is 4.03. The summed E-state index contributed by atoms with van der Waals surface area (Å²) < 4.78 is 15.2. The largest absolute Gasteiger partial charge is 1.00 e. The minimum absolute atomic E-state index is 0. The van der Waals surface area contributed by atoms with E-state index in [-0.39, 0.29) is 57.2 Å². The van der Waals surface area contributed by atoms with Crippen LogP contribution >= 0.6 is 0 Å². The first-order chi connectivity index (χ1) is 26.0. The molecule has 5 aliphatic carbocycles. The number of hydrogen-bond acceptors (Lipinski definition) is 5. The van der Waals surface area contributed by atoms with Crippen LogP contribution in [-0.4, -0.2) is 159 Å². The monoisotopic (exact) mass is 762 g/mol. The fourth-order valence-corrected chi connectivity index (χ4v) is 7.86. The molecule has 0 spiro atoms. The van der Waals surface area contributed by atoms with Crippen molar-refractivity contribution in [1.29, 1.82) is 0 Å². The molecule has 3 saturated heterocycles. The summed E-state index contributed by atoms with van der Waals surface area (Å²) in [6.07, 6.45) is 22.4. The molecule has 1 amide bonds. The second-order valence-corrected chi connectivity index (χ2v) is 15.5. The van der Waals surface area contributed by atoms with Crippen LogP contribution in [0.3, 0.4) is 0 Å². The summed E-state index contributed by atoms with van der Waals surface area (Å²) in [6, 6.07) is 10.0. The fourth-order valence-electron chi connectivity index (χ4n) is 7.86. The molecule has 0 N–H and O–H groups in total. The van der Waals surface area contributed by atoms with Crippen molar-refractivity contribution < 1.29 is 44.1 Å². The maximum atomic E-state index is 11.9. The van der Waals surface area contributed by atoms with E-state index in [1.807, 2.05) is 35.2 Å². The van der Waals surface area contributed by atoms with Crippen molar-refractivity contribution in [3.8, 4) is 0 Å². The van der Waals surface area contributed by atoms with E-state index in [1.165, 1.54) is 44.9 Å². The molecule has 0 unspecified atom stereocenters. The molecule has 5 fully saturated rings. The number of ether oxygens (including phenoxy) is 3. The summed E-state index contributed by atoms with van der Waals surface area (Å²) in [4.78, 5) is 24.5. The molecule has 6 nitrogen and oxygen atoms in total. The van der Waals surface area contributed by atoms with Crippen LogP contribution in [0.25, 0.3) is 0 Å². The van der Waals surface area contributed by atoms with Crippen LogP contribution in [0.5, 0.6) is 0 Å². The minimum Gasteiger partial charge on any atom is -1.00 e. The maximum absolute atomic E-state index is 11.9. The first-order valence-electron chi connectivity index (χ1n) is 20.0. The van der Waals surface area contributed by atoms with Gasteiger partial charge in [-0.15, -0.1) is 0 Å². The molecule has 57 heavy (non-hydrogen) atoms. The fraction of sp³-hybridized carbons (Fsp3) is 0.622. The van der Waals surface area contributed by atoms with Crippen LogP contribution in [-0.2, 0) is 25.6 Å². The molecule has 8 aliphatic rings. The third-order valence-electron chi connectivity index (χ3n) is 11.1. The van der Waals surface area contributed by atoms with E-state index in [1.54, 1.807) is 0 Å². The predicted molar refractivity (Wildman–Crippen MR) is 252 cm³/mol. The van der Waals surface area contributed by atoms with E-state index in [9.17, 15) is 9.59 Å². The second-order valence-electron chi connectivity index (χ2n) is 15.5. The average molecular weight is 760 g/mol. The number of fused-ring (bicyclic) bond motifs is 6. The van der Waals surface area contributed by atoms with Gasteiger partial charge in [-0.25, -0.2) is 4.79 Å². The molecule has 14 radical (unpaired) electrons. The zero-order valence-corrected chi connectivity index (χ0v) is 33.0. The molecular formula is C37H57AlB12LiNO5. The van der Waals surface area contributed by atoms with Gasteiger partial charge in [-0.3, -0.25) is 4.79 Å². The van der Waals surface area contributed by atoms with Crippen molar-refractivity contribution in [2.75, 3.05) is 33.0 Å². The van der Waals surface area contributed by atoms with Crippen molar-refractivity contribution in [2.24, 2.45) is 29.6 Å². The predicted octanol–water partition coefficient (Wildman–Crippen LogP) is -0.700. The third-order valence-corrected chi connectivity index (χ3v) is 11.1. The number of likely N-dealkylation sites (tertiary alicyclic amines) is 1. The molecule has 3 heterocycles. The molecule has 0 aromatic heterocycles. The Labute approximate surface area is 381 Å². The summed E-state index contributed by atoms with van der Waals surface area (Å²) in [7, 11) is 37.9. The molecule has 20 heteroatoms. The van der Waals surface area contributed by atoms with E-state index in [0.29, 0.717) is 30.1 Å². The van der Waals surface area contributed by atoms with Crippen LogP contribution < -0.4 is 18.9 Å². The Hall–Kier alpha value is -0.791. The molecule has 2 saturated carbocycles. The van der Waals surface area contributed by atoms with Gasteiger partial charge in [0.15, 0.2) is 17.4 Å². The Morgan fingerprint density at radius 1 is 0.719 bits per heavy atom. The molecular weight excluding hydrogens is 702 g/mol. The molecule has 1 aromatic carbocycles. The molecule has 6 bridgehead atoms. The van der Waals surface area contributed by atoms with Gasteiger partial charge < -0.3 is 20.5 Å². The number of hydrogen-bond donors (Lipinski definition) is 0. The number of carbonyl (C=O) groups is 2. The van der Waals surface area contributed by atoms with Gasteiger partial charge in [0.05, 0.1) is 6.04 Å². The first kappa shape index (κ1) is 54.2. The van der Waals surface area contributed by atoms with Crippen LogP contribution in [0, 0.1) is 29.6 Å². The summed E-state index contributed by atoms with van der Waals surface area (Å²) in [5.41, 5.74) is 1.03. The Kier molecular flexibility index (Phi) is 28.0. The Bertz CT molecular complexity index is 1330. The quantitative estimate of drug-likeness (QED) is 0.284. The first-order valence-corrected chi connectivity index (χ1v) is 20.0. The Morgan fingerprint density at radius 2 is 1.25 bits per heavy atom. The Morgan fingerprint density at radius 3 is 1.53 bits per heavy atom. The SMILES string of the molecule is C.C1=C[C@H]2CC[C@@H]1C2.C1CCOC1.C1CCOC1.O=C(OCc1ccccc1)N1C[C@@H]2C=C[C@H]1C2.O=C1C[C@H]2C=C[C@@H]1C2.[AlH3].[B]B([B])B([B])B(B([B])[B])B([B])[B].[H-].[Li+]. The zero-order valence-electron chi connectivity index (χ0n) is 34.0. The van der Waals surface area contributed by atoms with Crippen LogP contribution in [0.2, 0.25) is 0 Å². The maximum Gasteiger partial charge on any atom is 1.00 e. The number of benzene rings is 1. The summed E-state index contributed by atoms with van der Waals surface area (Å²) in [6.45, 7) is 5.17. The van der Waals surface area contributed by atoms with Crippen molar-refractivity contribution in [1.82, 2.24) is 4.90 Å². The molecule has 1 aromatic rings. The van der Waals surface area contributed by atoms with Crippen molar-refractivity contribution in [2.45, 2.75) is 84.3 Å². The summed E-state index contributed by atoms with van der Waals surface area (Å²) in [5, 5.41) is 0. The van der Waals surface area contributed by atoms with Gasteiger partial charge in [-0.05, 0) is 87.0 Å². The van der Waals surface area contributed by atoms with Gasteiger partial charge in [-0.1, -0.05) is 74.2 Å². The van der Waals surface area contributed by atoms with Crippen LogP contribution in [0.1, 0.15) is 78.6 Å². The number of carbonyl (C=O) groups excluding carboxylic acids is 2. The number of Topliss-reactive ketones (excluding diaryl/α,β-unsaturated/α-hetero) is 1. The van der Waals surface area contributed by atoms with Crippen molar-refractivity contribution in [3.05, 3.63) is 72.4 Å². The van der Waals surface area contributed by atoms with Gasteiger partial charge in [0, 0.05) is 131 Å². The van der Waals surface area contributed by atoms with E-state index in [4.69, 9.17) is 68.4 Å². The zero-order chi connectivity index (χ0) is 38.9. The van der Waals surface area contributed by atoms with Gasteiger partial charge in [-0.2, -0.15) is 0 Å². The Balaban J connectivity index is 0.000000700. The van der Waals surface area contributed by atoms with E-state index >= 15 is 0 Å². The van der Waals surface area contributed by atoms with Gasteiger partial charge in [0.2, 0.25) is 0 Å².